The molecule has 2 aromatic carbocycles. The molecule has 0 aliphatic carbocycles. The van der Waals surface area contributed by atoms with E-state index in [2.05, 4.69) is 10.6 Å². The average Bonchev–Trinajstić information content (AvgIpc) is 2.70. The molecular formula is C22H28N2O4. The third-order valence-electron chi connectivity index (χ3n) is 4.08. The summed E-state index contributed by atoms with van der Waals surface area (Å²) in [4.78, 5) is 25.2. The van der Waals surface area contributed by atoms with Gasteiger partial charge in [0.25, 0.3) is 11.8 Å². The highest BCUT2D eigenvalue weighted by molar-refractivity contribution is 6.04. The van der Waals surface area contributed by atoms with Gasteiger partial charge in [-0.25, -0.2) is 0 Å². The van der Waals surface area contributed by atoms with Crippen LogP contribution in [0, 0.1) is 5.92 Å². The van der Waals surface area contributed by atoms with Gasteiger partial charge in [0, 0.05) is 12.6 Å². The lowest BCUT2D eigenvalue weighted by atomic mass is 10.1. The van der Waals surface area contributed by atoms with Crippen molar-refractivity contribution < 1.29 is 19.1 Å². The highest BCUT2D eigenvalue weighted by Crippen LogP contribution is 2.22. The Morgan fingerprint density at radius 2 is 1.75 bits per heavy atom. The number of ether oxygens (including phenoxy) is 2. The molecule has 0 aliphatic heterocycles. The molecular weight excluding hydrogens is 356 g/mol. The quantitative estimate of drug-likeness (QED) is 0.688. The fourth-order valence-corrected chi connectivity index (χ4v) is 2.56. The number of nitrogens with one attached hydrogen (secondary N) is 2. The second-order valence-electron chi connectivity index (χ2n) is 6.83. The van der Waals surface area contributed by atoms with Gasteiger partial charge in [-0.15, -0.1) is 0 Å². The Bertz CT molecular complexity index is 805. The number of anilines is 1. The van der Waals surface area contributed by atoms with E-state index >= 15 is 0 Å². The molecule has 6 nitrogen and oxygen atoms in total. The Balaban J connectivity index is 2.10. The fraction of sp³-hybridized carbons (Fsp3) is 0.364. The van der Waals surface area contributed by atoms with Gasteiger partial charge in [0.05, 0.1) is 18.4 Å². The molecule has 6 heteroatoms. The third kappa shape index (κ3) is 6.01. The van der Waals surface area contributed by atoms with E-state index in [1.807, 2.05) is 20.8 Å². The lowest BCUT2D eigenvalue weighted by molar-refractivity contribution is -0.122. The van der Waals surface area contributed by atoms with Gasteiger partial charge in [-0.3, -0.25) is 9.59 Å². The molecule has 2 aromatic rings. The summed E-state index contributed by atoms with van der Waals surface area (Å²) >= 11 is 0. The van der Waals surface area contributed by atoms with Crippen LogP contribution in [-0.2, 0) is 4.79 Å². The first-order valence-corrected chi connectivity index (χ1v) is 9.43. The van der Waals surface area contributed by atoms with Crippen molar-refractivity contribution in [2.75, 3.05) is 19.0 Å². The van der Waals surface area contributed by atoms with Crippen molar-refractivity contribution in [3.05, 3.63) is 54.1 Å². The summed E-state index contributed by atoms with van der Waals surface area (Å²) in [6.07, 6.45) is -0.219. The number of amides is 2. The number of methoxy groups -OCH3 is 1. The van der Waals surface area contributed by atoms with E-state index in [1.165, 1.54) is 0 Å². The Morgan fingerprint density at radius 1 is 1.04 bits per heavy atom. The van der Waals surface area contributed by atoms with Gasteiger partial charge in [-0.2, -0.15) is 0 Å². The minimum absolute atomic E-state index is 0.216. The molecule has 0 fully saturated rings. The van der Waals surface area contributed by atoms with E-state index in [9.17, 15) is 9.59 Å². The van der Waals surface area contributed by atoms with Gasteiger partial charge in [0.2, 0.25) is 0 Å². The first-order chi connectivity index (χ1) is 13.4. The van der Waals surface area contributed by atoms with Crippen molar-refractivity contribution in [1.29, 1.82) is 0 Å². The van der Waals surface area contributed by atoms with Crippen molar-refractivity contribution in [2.45, 2.75) is 33.3 Å². The number of carbonyl (C=O) groups excluding carboxylic acids is 2. The van der Waals surface area contributed by atoms with E-state index in [1.54, 1.807) is 55.6 Å². The third-order valence-corrected chi connectivity index (χ3v) is 4.08. The maximum Gasteiger partial charge on any atom is 0.265 e. The zero-order chi connectivity index (χ0) is 20.5. The monoisotopic (exact) mass is 384 g/mol. The molecule has 0 aliphatic rings. The zero-order valence-corrected chi connectivity index (χ0v) is 16.8. The summed E-state index contributed by atoms with van der Waals surface area (Å²) in [6, 6.07) is 14.0. The van der Waals surface area contributed by atoms with Crippen molar-refractivity contribution >= 4 is 17.5 Å². The first-order valence-electron chi connectivity index (χ1n) is 9.43. The summed E-state index contributed by atoms with van der Waals surface area (Å²) < 4.78 is 11.0. The van der Waals surface area contributed by atoms with Crippen molar-refractivity contribution in [3.63, 3.8) is 0 Å². The van der Waals surface area contributed by atoms with Gasteiger partial charge in [0.15, 0.2) is 6.10 Å². The maximum atomic E-state index is 12.7. The van der Waals surface area contributed by atoms with E-state index in [4.69, 9.17) is 9.47 Å². The summed E-state index contributed by atoms with van der Waals surface area (Å²) in [5, 5.41) is 5.70. The predicted octanol–water partition coefficient (Wildman–Crippen LogP) is 3.88. The highest BCUT2D eigenvalue weighted by Gasteiger charge is 2.21. The van der Waals surface area contributed by atoms with Gasteiger partial charge < -0.3 is 20.1 Å². The van der Waals surface area contributed by atoms with Crippen LogP contribution in [-0.4, -0.2) is 31.6 Å². The molecule has 2 rings (SSSR count). The summed E-state index contributed by atoms with van der Waals surface area (Å²) in [5.41, 5.74) is 0.884. The topological polar surface area (TPSA) is 76.7 Å². The normalized spacial score (nSPS) is 11.6. The maximum absolute atomic E-state index is 12.7. The van der Waals surface area contributed by atoms with Gasteiger partial charge in [0.1, 0.15) is 11.5 Å². The van der Waals surface area contributed by atoms with Gasteiger partial charge >= 0.3 is 0 Å². The Labute approximate surface area is 166 Å². The second kappa shape index (κ2) is 10.3. The Kier molecular flexibility index (Phi) is 7.87. The average molecular weight is 384 g/mol. The summed E-state index contributed by atoms with van der Waals surface area (Å²) in [6.45, 7) is 6.48. The number of hydrogen-bond acceptors (Lipinski definition) is 4. The number of hydrogen-bond donors (Lipinski definition) is 2. The molecule has 0 heterocycles. The first kappa shape index (κ1) is 21.3. The molecule has 0 saturated heterocycles. The van der Waals surface area contributed by atoms with Crippen LogP contribution in [0.3, 0.4) is 0 Å². The molecule has 150 valence electrons. The minimum atomic E-state index is -0.695. The minimum Gasteiger partial charge on any atom is -0.497 e. The molecule has 0 bridgehead atoms. The summed E-state index contributed by atoms with van der Waals surface area (Å²) in [7, 11) is 1.57. The van der Waals surface area contributed by atoms with E-state index < -0.39 is 6.10 Å². The van der Waals surface area contributed by atoms with E-state index in [0.717, 1.165) is 0 Å². The number of carbonyl (C=O) groups is 2. The lowest BCUT2D eigenvalue weighted by Crippen LogP contribution is -2.34. The molecule has 1 atom stereocenters. The molecule has 0 spiro atoms. The van der Waals surface area contributed by atoms with Crippen LogP contribution in [0.25, 0.3) is 0 Å². The number of benzene rings is 2. The van der Waals surface area contributed by atoms with Crippen molar-refractivity contribution in [2.24, 2.45) is 5.92 Å². The second-order valence-corrected chi connectivity index (χ2v) is 6.83. The number of para-hydroxylation sites is 1. The van der Waals surface area contributed by atoms with Crippen LogP contribution in [0.2, 0.25) is 0 Å². The standard InChI is InChI=1S/C22H28N2O4/c1-5-20(28-17-10-8-9-16(13-17)27-4)22(26)24-19-12-7-6-11-18(19)21(25)23-14-15(2)3/h6-13,15,20H,5,14H2,1-4H3,(H,23,25)(H,24,26). The predicted molar refractivity (Wildman–Crippen MR) is 110 cm³/mol. The van der Waals surface area contributed by atoms with E-state index in [-0.39, 0.29) is 11.8 Å². The molecule has 28 heavy (non-hydrogen) atoms. The molecule has 0 radical (unpaired) electrons. The van der Waals surface area contributed by atoms with Crippen molar-refractivity contribution in [3.8, 4) is 11.5 Å². The highest BCUT2D eigenvalue weighted by atomic mass is 16.5. The summed E-state index contributed by atoms with van der Waals surface area (Å²) in [5.74, 6) is 1.01. The van der Waals surface area contributed by atoms with Crippen LogP contribution in [0.1, 0.15) is 37.6 Å². The fourth-order valence-electron chi connectivity index (χ4n) is 2.56. The molecule has 2 amide bonds. The zero-order valence-electron chi connectivity index (χ0n) is 16.8. The Hall–Kier alpha value is -3.02. The Morgan fingerprint density at radius 3 is 2.43 bits per heavy atom. The molecule has 0 saturated carbocycles. The van der Waals surface area contributed by atoms with Crippen molar-refractivity contribution in [1.82, 2.24) is 5.32 Å². The van der Waals surface area contributed by atoms with Crippen LogP contribution < -0.4 is 20.1 Å². The smallest absolute Gasteiger partial charge is 0.265 e. The van der Waals surface area contributed by atoms with Crippen LogP contribution in [0.15, 0.2) is 48.5 Å². The van der Waals surface area contributed by atoms with Gasteiger partial charge in [-0.1, -0.05) is 39.0 Å². The lowest BCUT2D eigenvalue weighted by Gasteiger charge is -2.19. The molecule has 2 N–H and O–H groups in total. The SMILES string of the molecule is CCC(Oc1cccc(OC)c1)C(=O)Nc1ccccc1C(=O)NCC(C)C. The van der Waals surface area contributed by atoms with Crippen LogP contribution in [0.4, 0.5) is 5.69 Å². The van der Waals surface area contributed by atoms with E-state index in [0.29, 0.717) is 41.6 Å². The largest absolute Gasteiger partial charge is 0.497 e. The number of rotatable bonds is 9. The molecule has 1 unspecified atom stereocenters. The molecule has 0 aromatic heterocycles. The van der Waals surface area contributed by atoms with Crippen LogP contribution >= 0.6 is 0 Å². The van der Waals surface area contributed by atoms with Gasteiger partial charge in [-0.05, 0) is 36.6 Å². The van der Waals surface area contributed by atoms with Crippen LogP contribution in [0.5, 0.6) is 11.5 Å².